The maximum absolute atomic E-state index is 12.1. The zero-order chi connectivity index (χ0) is 18.8. The van der Waals surface area contributed by atoms with E-state index in [9.17, 15) is 9.59 Å². The fourth-order valence-electron chi connectivity index (χ4n) is 4.01. The van der Waals surface area contributed by atoms with Crippen LogP contribution < -0.4 is 10.6 Å². The summed E-state index contributed by atoms with van der Waals surface area (Å²) in [5, 5.41) is 5.98. The average molecular weight is 369 g/mol. The molecule has 0 aromatic rings. The van der Waals surface area contributed by atoms with Gasteiger partial charge < -0.3 is 20.3 Å². The van der Waals surface area contributed by atoms with E-state index in [1.807, 2.05) is 4.90 Å². The van der Waals surface area contributed by atoms with E-state index in [0.717, 1.165) is 65.1 Å². The number of nitrogens with one attached hydrogen (secondary N) is 2. The zero-order valence-electron chi connectivity index (χ0n) is 16.5. The van der Waals surface area contributed by atoms with Crippen LogP contribution in [0.25, 0.3) is 0 Å². The van der Waals surface area contributed by atoms with Crippen molar-refractivity contribution >= 4 is 11.9 Å². The van der Waals surface area contributed by atoms with Crippen molar-refractivity contribution in [3.63, 3.8) is 0 Å². The highest BCUT2D eigenvalue weighted by molar-refractivity contribution is 5.78. The van der Waals surface area contributed by atoms with Gasteiger partial charge in [-0.1, -0.05) is 26.7 Å². The highest BCUT2D eigenvalue weighted by atomic mass is 16.5. The molecule has 0 spiro atoms. The van der Waals surface area contributed by atoms with E-state index < -0.39 is 0 Å². The molecular formula is C19H36N4O3. The van der Waals surface area contributed by atoms with Gasteiger partial charge >= 0.3 is 6.03 Å². The van der Waals surface area contributed by atoms with Crippen molar-refractivity contribution in [2.75, 3.05) is 52.5 Å². The quantitative estimate of drug-likeness (QED) is 0.572. The van der Waals surface area contributed by atoms with Gasteiger partial charge in [-0.05, 0) is 18.8 Å². The van der Waals surface area contributed by atoms with Crippen LogP contribution in [0.2, 0.25) is 0 Å². The average Bonchev–Trinajstić information content (AvgIpc) is 3.08. The number of urea groups is 1. The summed E-state index contributed by atoms with van der Waals surface area (Å²) >= 11 is 0. The van der Waals surface area contributed by atoms with Gasteiger partial charge in [0.1, 0.15) is 0 Å². The van der Waals surface area contributed by atoms with Crippen molar-refractivity contribution in [3.05, 3.63) is 0 Å². The molecule has 26 heavy (non-hydrogen) atoms. The van der Waals surface area contributed by atoms with E-state index in [-0.39, 0.29) is 11.9 Å². The summed E-state index contributed by atoms with van der Waals surface area (Å²) in [6, 6.07) is 0.254. The third kappa shape index (κ3) is 6.43. The molecule has 7 heteroatoms. The number of amides is 3. The van der Waals surface area contributed by atoms with Crippen LogP contribution in [0, 0.1) is 5.92 Å². The molecule has 0 bridgehead atoms. The first kappa shape index (κ1) is 21.0. The third-order valence-electron chi connectivity index (χ3n) is 5.64. The summed E-state index contributed by atoms with van der Waals surface area (Å²) in [5.41, 5.74) is 0. The van der Waals surface area contributed by atoms with Gasteiger partial charge in [0, 0.05) is 51.7 Å². The zero-order valence-corrected chi connectivity index (χ0v) is 16.5. The molecule has 0 aromatic carbocycles. The largest absolute Gasteiger partial charge is 0.379 e. The summed E-state index contributed by atoms with van der Waals surface area (Å²) in [5.74, 6) is 0.822. The Morgan fingerprint density at radius 1 is 1.15 bits per heavy atom. The second kappa shape index (κ2) is 11.4. The summed E-state index contributed by atoms with van der Waals surface area (Å²) in [6.45, 7) is 10.7. The van der Waals surface area contributed by atoms with Crippen molar-refractivity contribution in [2.45, 2.75) is 52.0 Å². The number of rotatable bonds is 10. The number of likely N-dealkylation sites (tertiary alicyclic amines) is 1. The van der Waals surface area contributed by atoms with E-state index in [1.165, 1.54) is 0 Å². The summed E-state index contributed by atoms with van der Waals surface area (Å²) in [7, 11) is 0. The first-order valence-corrected chi connectivity index (χ1v) is 10.3. The normalized spacial score (nSPS) is 19.8. The predicted molar refractivity (Wildman–Crippen MR) is 102 cm³/mol. The van der Waals surface area contributed by atoms with Crippen LogP contribution in [0.3, 0.4) is 0 Å². The molecule has 2 saturated heterocycles. The minimum absolute atomic E-state index is 0.109. The van der Waals surface area contributed by atoms with Crippen molar-refractivity contribution in [3.8, 4) is 0 Å². The lowest BCUT2D eigenvalue weighted by molar-refractivity contribution is -0.127. The maximum Gasteiger partial charge on any atom is 0.314 e. The molecule has 1 unspecified atom stereocenters. The Morgan fingerprint density at radius 2 is 1.88 bits per heavy atom. The number of carbonyl (C=O) groups excluding carboxylic acids is 2. The van der Waals surface area contributed by atoms with Gasteiger partial charge in [0.25, 0.3) is 0 Å². The van der Waals surface area contributed by atoms with Crippen LogP contribution >= 0.6 is 0 Å². The number of hydrogen-bond donors (Lipinski definition) is 2. The Bertz CT molecular complexity index is 437. The molecule has 2 rings (SSSR count). The van der Waals surface area contributed by atoms with E-state index in [2.05, 4.69) is 29.4 Å². The molecule has 0 aliphatic carbocycles. The van der Waals surface area contributed by atoms with Gasteiger partial charge in [-0.3, -0.25) is 9.69 Å². The Labute approximate surface area is 157 Å². The van der Waals surface area contributed by atoms with Gasteiger partial charge in [0.05, 0.1) is 13.2 Å². The first-order valence-electron chi connectivity index (χ1n) is 10.3. The molecule has 0 aromatic heterocycles. The van der Waals surface area contributed by atoms with Gasteiger partial charge in [0.15, 0.2) is 0 Å². The van der Waals surface area contributed by atoms with Crippen LogP contribution in [0.15, 0.2) is 0 Å². The van der Waals surface area contributed by atoms with Crippen molar-refractivity contribution < 1.29 is 14.3 Å². The number of ether oxygens (including phenoxy) is 1. The number of hydrogen-bond acceptors (Lipinski definition) is 4. The lowest BCUT2D eigenvalue weighted by Gasteiger charge is -2.38. The molecule has 3 amide bonds. The standard InChI is InChI=1S/C19H36N4O3/c1-3-16(4-2)17(22-11-13-26-14-12-22)15-21-19(25)20-8-6-10-23-9-5-7-18(23)24/h16-17H,3-15H2,1-2H3,(H2,20,21,25). The molecule has 2 fully saturated rings. The van der Waals surface area contributed by atoms with E-state index in [1.54, 1.807) is 0 Å². The predicted octanol–water partition coefficient (Wildman–Crippen LogP) is 1.44. The smallest absolute Gasteiger partial charge is 0.314 e. The van der Waals surface area contributed by atoms with E-state index >= 15 is 0 Å². The van der Waals surface area contributed by atoms with Crippen molar-refractivity contribution in [1.29, 1.82) is 0 Å². The molecule has 7 nitrogen and oxygen atoms in total. The highest BCUT2D eigenvalue weighted by Crippen LogP contribution is 2.19. The summed E-state index contributed by atoms with van der Waals surface area (Å²) in [4.78, 5) is 28.1. The van der Waals surface area contributed by atoms with Gasteiger partial charge in [-0.25, -0.2) is 4.79 Å². The molecule has 2 aliphatic rings. The van der Waals surface area contributed by atoms with Gasteiger partial charge in [-0.15, -0.1) is 0 Å². The number of carbonyl (C=O) groups is 2. The Morgan fingerprint density at radius 3 is 2.50 bits per heavy atom. The number of nitrogens with zero attached hydrogens (tertiary/aromatic N) is 2. The highest BCUT2D eigenvalue weighted by Gasteiger charge is 2.27. The molecule has 150 valence electrons. The Hall–Kier alpha value is -1.34. The van der Waals surface area contributed by atoms with Crippen LogP contribution in [0.5, 0.6) is 0 Å². The minimum Gasteiger partial charge on any atom is -0.379 e. The lowest BCUT2D eigenvalue weighted by atomic mass is 9.92. The lowest BCUT2D eigenvalue weighted by Crippen LogP contribution is -2.53. The fraction of sp³-hybridized carbons (Fsp3) is 0.895. The summed E-state index contributed by atoms with van der Waals surface area (Å²) < 4.78 is 5.47. The monoisotopic (exact) mass is 368 g/mol. The third-order valence-corrected chi connectivity index (χ3v) is 5.64. The maximum atomic E-state index is 12.1. The van der Waals surface area contributed by atoms with Crippen LogP contribution in [0.4, 0.5) is 4.79 Å². The SMILES string of the molecule is CCC(CC)C(CNC(=O)NCCCN1CCCC1=O)N1CCOCC1. The second-order valence-electron chi connectivity index (χ2n) is 7.27. The molecule has 0 saturated carbocycles. The van der Waals surface area contributed by atoms with Crippen LogP contribution in [0.1, 0.15) is 46.0 Å². The molecule has 1 atom stereocenters. The molecular weight excluding hydrogens is 332 g/mol. The van der Waals surface area contributed by atoms with Crippen molar-refractivity contribution in [1.82, 2.24) is 20.4 Å². The molecule has 0 radical (unpaired) electrons. The Balaban J connectivity index is 1.68. The fourth-order valence-corrected chi connectivity index (χ4v) is 4.01. The van der Waals surface area contributed by atoms with Crippen LogP contribution in [-0.4, -0.2) is 80.3 Å². The first-order chi connectivity index (χ1) is 12.7. The van der Waals surface area contributed by atoms with Crippen LogP contribution in [-0.2, 0) is 9.53 Å². The van der Waals surface area contributed by atoms with E-state index in [4.69, 9.17) is 4.74 Å². The van der Waals surface area contributed by atoms with Gasteiger partial charge in [-0.2, -0.15) is 0 Å². The minimum atomic E-state index is -0.109. The van der Waals surface area contributed by atoms with E-state index in [0.29, 0.717) is 31.5 Å². The molecule has 2 aliphatic heterocycles. The Kier molecular flexibility index (Phi) is 9.18. The van der Waals surface area contributed by atoms with Crippen molar-refractivity contribution in [2.24, 2.45) is 5.92 Å². The molecule has 2 heterocycles. The molecule has 2 N–H and O–H groups in total. The topological polar surface area (TPSA) is 73.9 Å². The van der Waals surface area contributed by atoms with Gasteiger partial charge in [0.2, 0.25) is 5.91 Å². The summed E-state index contributed by atoms with van der Waals surface area (Å²) in [6.07, 6.45) is 4.68. The number of morpholine rings is 1. The second-order valence-corrected chi connectivity index (χ2v) is 7.27.